The molecule has 0 fully saturated rings. The number of carboxylic acids is 1. The molecule has 0 bridgehead atoms. The molecule has 186 valence electrons. The molecular formula is C29H30N2O5. The van der Waals surface area contributed by atoms with Crippen molar-refractivity contribution in [1.82, 2.24) is 10.2 Å². The lowest BCUT2D eigenvalue weighted by Gasteiger charge is -2.25. The van der Waals surface area contributed by atoms with Crippen LogP contribution in [-0.2, 0) is 9.53 Å². The molecule has 0 saturated heterocycles. The van der Waals surface area contributed by atoms with Crippen LogP contribution >= 0.6 is 0 Å². The number of ether oxygens (including phenoxy) is 1. The van der Waals surface area contributed by atoms with Gasteiger partial charge in [-0.3, -0.25) is 9.69 Å². The van der Waals surface area contributed by atoms with Crippen molar-refractivity contribution in [3.8, 4) is 11.1 Å². The van der Waals surface area contributed by atoms with Crippen LogP contribution in [-0.4, -0.2) is 54.2 Å². The third kappa shape index (κ3) is 5.57. The predicted octanol–water partition coefficient (Wildman–Crippen LogP) is 4.92. The number of amides is 2. The van der Waals surface area contributed by atoms with Gasteiger partial charge in [0.2, 0.25) is 0 Å². The van der Waals surface area contributed by atoms with Crippen molar-refractivity contribution < 1.29 is 24.2 Å². The van der Waals surface area contributed by atoms with E-state index in [0.717, 1.165) is 27.2 Å². The van der Waals surface area contributed by atoms with Crippen molar-refractivity contribution in [1.29, 1.82) is 0 Å². The van der Waals surface area contributed by atoms with Gasteiger partial charge in [-0.25, -0.2) is 9.59 Å². The first-order chi connectivity index (χ1) is 17.5. The Hall–Kier alpha value is -4.13. The van der Waals surface area contributed by atoms with E-state index in [0.29, 0.717) is 24.9 Å². The van der Waals surface area contributed by atoms with Gasteiger partial charge in [0.25, 0.3) is 5.91 Å². The zero-order valence-electron chi connectivity index (χ0n) is 20.2. The summed E-state index contributed by atoms with van der Waals surface area (Å²) in [5.41, 5.74) is 5.04. The lowest BCUT2D eigenvalue weighted by Crippen LogP contribution is -2.43. The maximum absolute atomic E-state index is 12.8. The van der Waals surface area contributed by atoms with Crippen LogP contribution < -0.4 is 5.32 Å². The number of hydrogen-bond acceptors (Lipinski definition) is 4. The van der Waals surface area contributed by atoms with Crippen LogP contribution in [0.5, 0.6) is 0 Å². The number of benzene rings is 3. The van der Waals surface area contributed by atoms with Gasteiger partial charge in [0, 0.05) is 25.1 Å². The fraction of sp³-hybridized carbons (Fsp3) is 0.276. The monoisotopic (exact) mass is 486 g/mol. The van der Waals surface area contributed by atoms with Gasteiger partial charge in [0.05, 0.1) is 0 Å². The van der Waals surface area contributed by atoms with Crippen LogP contribution in [0.4, 0.5) is 4.79 Å². The molecule has 36 heavy (non-hydrogen) atoms. The number of aliphatic carboxylic acids is 1. The number of likely N-dealkylation sites (N-methyl/N-ethyl adjacent to an activating group) is 1. The van der Waals surface area contributed by atoms with Gasteiger partial charge >= 0.3 is 12.1 Å². The third-order valence-corrected chi connectivity index (χ3v) is 6.60. The summed E-state index contributed by atoms with van der Waals surface area (Å²) in [6.07, 6.45) is 0.729. The fourth-order valence-corrected chi connectivity index (χ4v) is 4.66. The molecule has 0 aromatic heterocycles. The Morgan fingerprint density at radius 2 is 1.47 bits per heavy atom. The van der Waals surface area contributed by atoms with Crippen LogP contribution in [0, 0.1) is 0 Å². The molecule has 7 heteroatoms. The normalized spacial score (nSPS) is 12.8. The Kier molecular flexibility index (Phi) is 8.00. The van der Waals surface area contributed by atoms with Crippen molar-refractivity contribution in [2.75, 3.05) is 20.2 Å². The minimum absolute atomic E-state index is 0.0914. The smallest absolute Gasteiger partial charge is 0.410 e. The van der Waals surface area contributed by atoms with Gasteiger partial charge in [0.15, 0.2) is 0 Å². The second-order valence-electron chi connectivity index (χ2n) is 8.89. The number of hydrogen-bond donors (Lipinski definition) is 2. The maximum atomic E-state index is 12.8. The average molecular weight is 487 g/mol. The van der Waals surface area contributed by atoms with Crippen LogP contribution in [0.25, 0.3) is 11.1 Å². The van der Waals surface area contributed by atoms with E-state index in [2.05, 4.69) is 17.4 Å². The number of unbranched alkanes of at least 4 members (excludes halogenated alkanes) is 1. The van der Waals surface area contributed by atoms with E-state index < -0.39 is 18.1 Å². The summed E-state index contributed by atoms with van der Waals surface area (Å²) in [5, 5.41) is 12.5. The van der Waals surface area contributed by atoms with E-state index in [4.69, 9.17) is 4.74 Å². The molecule has 1 unspecified atom stereocenters. The van der Waals surface area contributed by atoms with Crippen LogP contribution in [0.1, 0.15) is 46.7 Å². The average Bonchev–Trinajstić information content (AvgIpc) is 3.22. The lowest BCUT2D eigenvalue weighted by molar-refractivity contribution is -0.142. The molecule has 7 nitrogen and oxygen atoms in total. The highest BCUT2D eigenvalue weighted by molar-refractivity contribution is 5.94. The molecule has 3 aromatic carbocycles. The van der Waals surface area contributed by atoms with Crippen molar-refractivity contribution in [2.24, 2.45) is 0 Å². The molecule has 1 aliphatic rings. The van der Waals surface area contributed by atoms with Gasteiger partial charge in [0.1, 0.15) is 12.6 Å². The maximum Gasteiger partial charge on any atom is 0.410 e. The molecule has 1 atom stereocenters. The van der Waals surface area contributed by atoms with Gasteiger partial charge in [-0.15, -0.1) is 0 Å². The Labute approximate surface area is 210 Å². The molecule has 4 rings (SSSR count). The van der Waals surface area contributed by atoms with Crippen LogP contribution in [0.3, 0.4) is 0 Å². The topological polar surface area (TPSA) is 95.9 Å². The summed E-state index contributed by atoms with van der Waals surface area (Å²) < 4.78 is 5.61. The summed E-state index contributed by atoms with van der Waals surface area (Å²) in [7, 11) is 1.45. The Bertz CT molecular complexity index is 1180. The Morgan fingerprint density at radius 1 is 0.889 bits per heavy atom. The highest BCUT2D eigenvalue weighted by atomic mass is 16.6. The molecule has 0 saturated carbocycles. The highest BCUT2D eigenvalue weighted by Gasteiger charge is 2.31. The highest BCUT2D eigenvalue weighted by Crippen LogP contribution is 2.44. The standard InChI is InChI=1S/C29H30N2O5/c1-31(26(28(33)34)17-9-10-18-30-27(32)20-11-3-2-4-12-20)29(35)36-19-25-23-15-7-5-13-21(23)22-14-6-8-16-24(22)25/h2-8,11-16,25-26H,9-10,17-19H2,1H3,(H,30,32)(H,33,34). The number of carbonyl (C=O) groups excluding carboxylic acids is 2. The van der Waals surface area contributed by atoms with Crippen molar-refractivity contribution >= 4 is 18.0 Å². The number of carboxylic acid groups (broad SMARTS) is 1. The quantitative estimate of drug-likeness (QED) is 0.397. The molecule has 2 N–H and O–H groups in total. The number of nitrogens with one attached hydrogen (secondary N) is 1. The predicted molar refractivity (Wildman–Crippen MR) is 137 cm³/mol. The number of fused-ring (bicyclic) bond motifs is 3. The molecule has 0 spiro atoms. The zero-order valence-corrected chi connectivity index (χ0v) is 20.2. The number of rotatable bonds is 10. The second-order valence-corrected chi connectivity index (χ2v) is 8.89. The molecule has 0 heterocycles. The van der Waals surface area contributed by atoms with Gasteiger partial charge in [-0.05, 0) is 53.6 Å². The molecule has 0 aliphatic heterocycles. The van der Waals surface area contributed by atoms with E-state index in [1.165, 1.54) is 7.05 Å². The minimum atomic E-state index is -1.08. The van der Waals surface area contributed by atoms with Crippen molar-refractivity contribution in [3.63, 3.8) is 0 Å². The van der Waals surface area contributed by atoms with E-state index in [1.54, 1.807) is 24.3 Å². The Balaban J connectivity index is 1.28. The summed E-state index contributed by atoms with van der Waals surface area (Å²) in [5.74, 6) is -1.34. The van der Waals surface area contributed by atoms with Crippen molar-refractivity contribution in [2.45, 2.75) is 31.2 Å². The fourth-order valence-electron chi connectivity index (χ4n) is 4.66. The van der Waals surface area contributed by atoms with Gasteiger partial charge in [-0.2, -0.15) is 0 Å². The summed E-state index contributed by atoms with van der Waals surface area (Å²) in [4.78, 5) is 37.9. The minimum Gasteiger partial charge on any atom is -0.480 e. The number of carbonyl (C=O) groups is 3. The summed E-state index contributed by atoms with van der Waals surface area (Å²) in [6.45, 7) is 0.559. The van der Waals surface area contributed by atoms with E-state index >= 15 is 0 Å². The molecule has 2 amide bonds. The van der Waals surface area contributed by atoms with E-state index in [-0.39, 0.29) is 24.9 Å². The molecular weight excluding hydrogens is 456 g/mol. The zero-order chi connectivity index (χ0) is 25.5. The van der Waals surface area contributed by atoms with Crippen molar-refractivity contribution in [3.05, 3.63) is 95.6 Å². The second kappa shape index (κ2) is 11.5. The largest absolute Gasteiger partial charge is 0.480 e. The third-order valence-electron chi connectivity index (χ3n) is 6.60. The molecule has 3 aromatic rings. The number of nitrogens with zero attached hydrogens (tertiary/aromatic N) is 1. The SMILES string of the molecule is CN(C(=O)OCC1c2ccccc2-c2ccccc21)C(CCCCNC(=O)c1ccccc1)C(=O)O. The molecule has 1 aliphatic carbocycles. The first-order valence-electron chi connectivity index (χ1n) is 12.1. The van der Waals surface area contributed by atoms with E-state index in [9.17, 15) is 19.5 Å². The molecule has 0 radical (unpaired) electrons. The van der Waals surface area contributed by atoms with Gasteiger partial charge in [-0.1, -0.05) is 66.7 Å². The Morgan fingerprint density at radius 3 is 2.08 bits per heavy atom. The summed E-state index contributed by atoms with van der Waals surface area (Å²) in [6, 6.07) is 24.0. The van der Waals surface area contributed by atoms with Crippen LogP contribution in [0.15, 0.2) is 78.9 Å². The van der Waals surface area contributed by atoms with Crippen LogP contribution in [0.2, 0.25) is 0 Å². The lowest BCUT2D eigenvalue weighted by atomic mass is 9.98. The summed E-state index contributed by atoms with van der Waals surface area (Å²) >= 11 is 0. The first kappa shape index (κ1) is 25.0. The van der Waals surface area contributed by atoms with E-state index in [1.807, 2.05) is 42.5 Å². The first-order valence-corrected chi connectivity index (χ1v) is 12.1. The van der Waals surface area contributed by atoms with Gasteiger partial charge < -0.3 is 15.2 Å².